The minimum Gasteiger partial charge on any atom is -0.486 e. The van der Waals surface area contributed by atoms with Crippen molar-refractivity contribution in [2.45, 2.75) is 32.0 Å². The first-order valence-corrected chi connectivity index (χ1v) is 15.0. The highest BCUT2D eigenvalue weighted by Crippen LogP contribution is 2.40. The van der Waals surface area contributed by atoms with Crippen molar-refractivity contribution < 1.29 is 23.4 Å². The second-order valence-corrected chi connectivity index (χ2v) is 11.4. The van der Waals surface area contributed by atoms with Gasteiger partial charge in [0.1, 0.15) is 24.5 Å². The van der Waals surface area contributed by atoms with E-state index >= 15 is 4.39 Å². The lowest BCUT2D eigenvalue weighted by Crippen LogP contribution is -2.32. The van der Waals surface area contributed by atoms with Crippen LogP contribution in [0.3, 0.4) is 0 Å². The number of aromatic nitrogens is 1. The molecule has 45 heavy (non-hydrogen) atoms. The molecule has 1 atom stereocenters. The highest BCUT2D eigenvalue weighted by molar-refractivity contribution is 6.30. The second-order valence-electron chi connectivity index (χ2n) is 11.0. The predicted molar refractivity (Wildman–Crippen MR) is 171 cm³/mol. The zero-order valence-electron chi connectivity index (χ0n) is 24.4. The minimum absolute atomic E-state index is 0.0873. The number of nitriles is 1. The number of nitrogens with two attached hydrogens (primary N) is 1. The second kappa shape index (κ2) is 13.4. The van der Waals surface area contributed by atoms with Crippen LogP contribution >= 0.6 is 11.6 Å². The number of carbonyl (C=O) groups is 1. The van der Waals surface area contributed by atoms with Crippen LogP contribution in [0.4, 0.5) is 21.5 Å². The summed E-state index contributed by atoms with van der Waals surface area (Å²) >= 11 is 5.95. The van der Waals surface area contributed by atoms with Gasteiger partial charge in [0.2, 0.25) is 5.91 Å². The smallest absolute Gasteiger partial charge is 0.241 e. The fraction of sp³-hybridized carbons (Fsp3) is 0.265. The Morgan fingerprint density at radius 3 is 2.67 bits per heavy atom. The molecule has 3 aromatic carbocycles. The number of primary amides is 1. The Morgan fingerprint density at radius 1 is 1.18 bits per heavy atom. The number of nitrogens with zero attached hydrogens (tertiary/aromatic N) is 3. The van der Waals surface area contributed by atoms with Crippen LogP contribution in [0.2, 0.25) is 5.02 Å². The summed E-state index contributed by atoms with van der Waals surface area (Å²) in [5, 5.41) is 14.5. The third-order valence-corrected chi connectivity index (χ3v) is 8.10. The monoisotopic (exact) mass is 627 g/mol. The molecule has 6 rings (SSSR count). The van der Waals surface area contributed by atoms with Crippen molar-refractivity contribution in [1.29, 1.82) is 5.26 Å². The van der Waals surface area contributed by atoms with Gasteiger partial charge in [0, 0.05) is 60.0 Å². The summed E-state index contributed by atoms with van der Waals surface area (Å²) in [5.41, 5.74) is 9.94. The van der Waals surface area contributed by atoms with E-state index in [0.29, 0.717) is 77.8 Å². The number of ether oxygens (including phenoxy) is 3. The third-order valence-electron chi connectivity index (χ3n) is 7.85. The molecule has 2 aliphatic rings. The number of nitrogens with one attached hydrogen (secondary N) is 1. The van der Waals surface area contributed by atoms with Gasteiger partial charge in [-0.2, -0.15) is 5.26 Å². The summed E-state index contributed by atoms with van der Waals surface area (Å²) in [7, 11) is 0. The zero-order valence-corrected chi connectivity index (χ0v) is 25.1. The Kier molecular flexibility index (Phi) is 9.01. The fourth-order valence-corrected chi connectivity index (χ4v) is 5.64. The molecule has 11 heteroatoms. The molecule has 1 unspecified atom stereocenters. The molecule has 2 saturated heterocycles. The Hall–Kier alpha value is -4.85. The molecule has 3 heterocycles. The first-order valence-electron chi connectivity index (χ1n) is 14.6. The molecule has 0 aliphatic carbocycles. The summed E-state index contributed by atoms with van der Waals surface area (Å²) < 4.78 is 32.8. The molecular formula is C34H31ClFN5O4. The molecule has 0 bridgehead atoms. The summed E-state index contributed by atoms with van der Waals surface area (Å²) in [6, 6.07) is 17.8. The van der Waals surface area contributed by atoms with Crippen molar-refractivity contribution in [1.82, 2.24) is 4.98 Å². The molecule has 1 aromatic heterocycles. The fourth-order valence-electron chi connectivity index (χ4n) is 5.52. The molecular weight excluding hydrogens is 597 g/mol. The maximum Gasteiger partial charge on any atom is 0.241 e. The van der Waals surface area contributed by atoms with Crippen LogP contribution < -0.4 is 25.4 Å². The van der Waals surface area contributed by atoms with Crippen LogP contribution in [0, 0.1) is 17.1 Å². The molecule has 4 aromatic rings. The van der Waals surface area contributed by atoms with Crippen LogP contribution in [-0.2, 0) is 16.1 Å². The van der Waals surface area contributed by atoms with Crippen LogP contribution in [0.25, 0.3) is 10.9 Å². The molecule has 9 nitrogen and oxygen atoms in total. The maximum absolute atomic E-state index is 15.2. The Morgan fingerprint density at radius 2 is 1.98 bits per heavy atom. The van der Waals surface area contributed by atoms with Gasteiger partial charge in [-0.15, -0.1) is 0 Å². The van der Waals surface area contributed by atoms with Gasteiger partial charge in [-0.05, 0) is 48.7 Å². The zero-order chi connectivity index (χ0) is 31.3. The van der Waals surface area contributed by atoms with Gasteiger partial charge in [0.15, 0.2) is 11.6 Å². The topological polar surface area (TPSA) is 123 Å². The van der Waals surface area contributed by atoms with E-state index in [9.17, 15) is 10.1 Å². The van der Waals surface area contributed by atoms with E-state index in [1.807, 2.05) is 24.3 Å². The number of fused-ring (bicyclic) bond motifs is 1. The molecule has 0 saturated carbocycles. The van der Waals surface area contributed by atoms with Crippen molar-refractivity contribution >= 4 is 45.5 Å². The number of amides is 1. The van der Waals surface area contributed by atoms with Crippen LogP contribution in [-0.4, -0.2) is 43.3 Å². The molecule has 0 radical (unpaired) electrons. The maximum atomic E-state index is 15.2. The third kappa shape index (κ3) is 7.11. The molecule has 2 aliphatic heterocycles. The van der Waals surface area contributed by atoms with E-state index in [-0.39, 0.29) is 18.5 Å². The number of pyridine rings is 1. The van der Waals surface area contributed by atoms with Crippen LogP contribution in [0.5, 0.6) is 11.5 Å². The first-order chi connectivity index (χ1) is 21.9. The molecule has 3 N–H and O–H groups in total. The lowest BCUT2D eigenvalue weighted by molar-refractivity contribution is -0.113. The van der Waals surface area contributed by atoms with E-state index in [1.165, 1.54) is 18.3 Å². The van der Waals surface area contributed by atoms with Gasteiger partial charge in [0.25, 0.3) is 0 Å². The highest BCUT2D eigenvalue weighted by atomic mass is 35.5. The highest BCUT2D eigenvalue weighted by Gasteiger charge is 2.25. The van der Waals surface area contributed by atoms with Crippen LogP contribution in [0.15, 0.2) is 72.4 Å². The predicted octanol–water partition coefficient (Wildman–Crippen LogP) is 6.40. The summed E-state index contributed by atoms with van der Waals surface area (Å²) in [6.45, 7) is 2.63. The quantitative estimate of drug-likeness (QED) is 0.204. The van der Waals surface area contributed by atoms with Gasteiger partial charge >= 0.3 is 0 Å². The average molecular weight is 628 g/mol. The summed E-state index contributed by atoms with van der Waals surface area (Å²) in [4.78, 5) is 18.2. The number of piperidine rings is 1. The molecule has 1 amide bonds. The first kappa shape index (κ1) is 30.2. The van der Waals surface area contributed by atoms with Gasteiger partial charge in [-0.25, -0.2) is 4.39 Å². The lowest BCUT2D eigenvalue weighted by atomic mass is 10.0. The van der Waals surface area contributed by atoms with Crippen molar-refractivity contribution in [2.75, 3.05) is 36.5 Å². The van der Waals surface area contributed by atoms with Crippen molar-refractivity contribution in [2.24, 2.45) is 5.73 Å². The minimum atomic E-state index is -0.547. The van der Waals surface area contributed by atoms with Crippen molar-refractivity contribution in [3.63, 3.8) is 0 Å². The van der Waals surface area contributed by atoms with Crippen molar-refractivity contribution in [3.05, 3.63) is 94.4 Å². The molecule has 2 fully saturated rings. The van der Waals surface area contributed by atoms with Gasteiger partial charge in [0.05, 0.1) is 35.7 Å². The SMILES string of the molecule is N#Cc1cnc2cc(OC3CCOC3)c(N3CCC(=CC(N)=O)CC3)cc2c1Nc1ccc(OCc2ccc(Cl)cc2)c(F)c1. The number of halogens is 2. The molecule has 230 valence electrons. The lowest BCUT2D eigenvalue weighted by Gasteiger charge is -2.32. The number of hydrogen-bond acceptors (Lipinski definition) is 8. The summed E-state index contributed by atoms with van der Waals surface area (Å²) in [5.74, 6) is -0.228. The standard InChI is InChI=1S/C34H31ClFN5O4/c35-24-3-1-22(2-4-24)19-44-31-6-5-25(14-28(31)36)40-34-23(17-37)18-39-29-16-32(45-26-9-12-43-20-26)30(15-27(29)34)41-10-7-21(8-11-41)13-33(38)42/h1-6,13-16,18,26H,7-12,19-20H2,(H2,38,42)(H,39,40). The van der Waals surface area contributed by atoms with E-state index in [1.54, 1.807) is 24.3 Å². The Labute approximate surface area is 265 Å². The summed E-state index contributed by atoms with van der Waals surface area (Å²) in [6.07, 6.45) is 5.05. The van der Waals surface area contributed by atoms with Crippen molar-refractivity contribution in [3.8, 4) is 17.6 Å². The van der Waals surface area contributed by atoms with Crippen LogP contribution in [0.1, 0.15) is 30.4 Å². The Bertz CT molecular complexity index is 1790. The number of rotatable bonds is 9. The number of benzene rings is 3. The number of hydrogen-bond donors (Lipinski definition) is 2. The van der Waals surface area contributed by atoms with E-state index < -0.39 is 11.7 Å². The van der Waals surface area contributed by atoms with E-state index in [2.05, 4.69) is 21.3 Å². The average Bonchev–Trinajstić information content (AvgIpc) is 3.55. The van der Waals surface area contributed by atoms with E-state index in [0.717, 1.165) is 23.2 Å². The Balaban J connectivity index is 1.31. The van der Waals surface area contributed by atoms with E-state index in [4.69, 9.17) is 31.5 Å². The van der Waals surface area contributed by atoms with Gasteiger partial charge in [-0.1, -0.05) is 29.3 Å². The van der Waals surface area contributed by atoms with Gasteiger partial charge in [-0.3, -0.25) is 9.78 Å². The van der Waals surface area contributed by atoms with Gasteiger partial charge < -0.3 is 30.2 Å². The normalized spacial score (nSPS) is 16.3. The number of carbonyl (C=O) groups excluding carboxylic acids is 1. The number of anilines is 3. The largest absolute Gasteiger partial charge is 0.486 e. The molecule has 0 spiro atoms.